The van der Waals surface area contributed by atoms with Crippen molar-refractivity contribution in [1.82, 2.24) is 9.55 Å². The number of hydrogen-bond donors (Lipinski definition) is 0. The summed E-state index contributed by atoms with van der Waals surface area (Å²) in [4.78, 5) is 5.01. The number of fused-ring (bicyclic) bond motifs is 2. The van der Waals surface area contributed by atoms with Gasteiger partial charge in [0.1, 0.15) is 17.7 Å². The molecule has 3 heteroatoms. The zero-order valence-electron chi connectivity index (χ0n) is 19.6. The van der Waals surface area contributed by atoms with Crippen molar-refractivity contribution in [3.05, 3.63) is 109 Å². The van der Waals surface area contributed by atoms with E-state index >= 15 is 0 Å². The number of rotatable bonds is 4. The Morgan fingerprint density at radius 3 is 2.33 bits per heavy atom. The van der Waals surface area contributed by atoms with Crippen LogP contribution in [-0.4, -0.2) is 9.55 Å². The minimum Gasteiger partial charge on any atom is -0.464 e. The lowest BCUT2D eigenvalue weighted by Crippen LogP contribution is -1.97. The molecule has 0 bridgehead atoms. The van der Waals surface area contributed by atoms with Crippen molar-refractivity contribution >= 4 is 22.0 Å². The van der Waals surface area contributed by atoms with Gasteiger partial charge in [0.2, 0.25) is 0 Å². The van der Waals surface area contributed by atoms with Crippen molar-refractivity contribution in [2.75, 3.05) is 0 Å². The van der Waals surface area contributed by atoms with E-state index in [0.29, 0.717) is 0 Å². The molecule has 0 amide bonds. The van der Waals surface area contributed by atoms with Gasteiger partial charge in [-0.1, -0.05) is 74.5 Å². The number of para-hydroxylation sites is 2. The fraction of sp³-hybridized carbons (Fsp3) is 0.100. The largest absolute Gasteiger partial charge is 0.464 e. The molecule has 2 aromatic heterocycles. The first kappa shape index (κ1) is 18.5. The summed E-state index contributed by atoms with van der Waals surface area (Å²) in [7, 11) is 0. The lowest BCUT2D eigenvalue weighted by atomic mass is 10.0. The Morgan fingerprint density at radius 2 is 1.55 bits per heavy atom. The third kappa shape index (κ3) is 3.33. The molecule has 0 aliphatic carbocycles. The Morgan fingerprint density at radius 1 is 0.818 bits per heavy atom. The first-order chi connectivity index (χ1) is 16.5. The second-order valence-electron chi connectivity index (χ2n) is 8.53. The van der Waals surface area contributed by atoms with Gasteiger partial charge >= 0.3 is 0 Å². The molecular weight excluding hydrogens is 404 g/mol. The van der Waals surface area contributed by atoms with Gasteiger partial charge in [-0.15, -0.1) is 0 Å². The maximum atomic E-state index is 8.48. The highest BCUT2D eigenvalue weighted by atomic mass is 16.3. The van der Waals surface area contributed by atoms with Gasteiger partial charge in [0.05, 0.1) is 16.6 Å². The fourth-order valence-corrected chi connectivity index (χ4v) is 4.41. The third-order valence-corrected chi connectivity index (χ3v) is 6.19. The third-order valence-electron chi connectivity index (χ3n) is 6.19. The summed E-state index contributed by atoms with van der Waals surface area (Å²) in [6.07, 6.45) is 1.78. The monoisotopic (exact) mass is 429 g/mol. The average molecular weight is 430 g/mol. The van der Waals surface area contributed by atoms with Crippen LogP contribution in [0.15, 0.2) is 108 Å². The molecule has 160 valence electrons. The molecule has 0 aliphatic rings. The highest BCUT2D eigenvalue weighted by molar-refractivity contribution is 5.95. The van der Waals surface area contributed by atoms with Gasteiger partial charge in [-0.25, -0.2) is 4.98 Å². The molecule has 6 aromatic rings. The summed E-state index contributed by atoms with van der Waals surface area (Å²) < 4.78 is 16.6. The number of nitrogens with zero attached hydrogens (tertiary/aromatic N) is 2. The normalized spacial score (nSPS) is 12.4. The van der Waals surface area contributed by atoms with Crippen LogP contribution in [0.4, 0.5) is 0 Å². The van der Waals surface area contributed by atoms with E-state index in [1.807, 2.05) is 50.2 Å². The average Bonchev–Trinajstić information content (AvgIpc) is 3.45. The highest BCUT2D eigenvalue weighted by Gasteiger charge is 2.19. The zero-order valence-corrected chi connectivity index (χ0v) is 18.6. The number of aromatic nitrogens is 2. The molecule has 0 spiro atoms. The molecule has 2 heterocycles. The molecule has 0 unspecified atom stereocenters. The first-order valence-corrected chi connectivity index (χ1v) is 11.1. The van der Waals surface area contributed by atoms with Crippen molar-refractivity contribution in [2.45, 2.75) is 19.7 Å². The van der Waals surface area contributed by atoms with Crippen LogP contribution < -0.4 is 0 Å². The lowest BCUT2D eigenvalue weighted by Gasteiger charge is -2.11. The van der Waals surface area contributed by atoms with Crippen molar-refractivity contribution in [3.8, 4) is 28.2 Å². The summed E-state index contributed by atoms with van der Waals surface area (Å²) in [5.74, 6) is 0.128. The van der Waals surface area contributed by atoms with Gasteiger partial charge in [-0.05, 0) is 59.0 Å². The second kappa shape index (κ2) is 7.79. The quantitative estimate of drug-likeness (QED) is 0.282. The van der Waals surface area contributed by atoms with E-state index in [1.165, 1.54) is 11.1 Å². The lowest BCUT2D eigenvalue weighted by molar-refractivity contribution is 0.616. The molecule has 0 saturated carbocycles. The van der Waals surface area contributed by atoms with Gasteiger partial charge in [0.25, 0.3) is 0 Å². The van der Waals surface area contributed by atoms with Crippen molar-refractivity contribution in [2.24, 2.45) is 0 Å². The molecule has 33 heavy (non-hydrogen) atoms. The summed E-state index contributed by atoms with van der Waals surface area (Å²) >= 11 is 0. The van der Waals surface area contributed by atoms with Crippen LogP contribution in [0.25, 0.3) is 50.2 Å². The molecule has 0 N–H and O–H groups in total. The predicted octanol–water partition coefficient (Wildman–Crippen LogP) is 8.23. The predicted molar refractivity (Wildman–Crippen MR) is 136 cm³/mol. The Labute approximate surface area is 194 Å². The maximum absolute atomic E-state index is 8.48. The standard InChI is InChI=1S/C30H24N2O/c1-20(2)23-14-17-29-25(18-23)26(19-33-29)30-31-27-10-6-7-11-28(27)32(30)24-15-12-22(13-16-24)21-8-4-3-5-9-21/h3-20H,1-2H3/i20D. The number of hydrogen-bond acceptors (Lipinski definition) is 2. The molecule has 6 rings (SSSR count). The van der Waals surface area contributed by atoms with Gasteiger partial charge in [0, 0.05) is 12.4 Å². The van der Waals surface area contributed by atoms with Crippen LogP contribution in [0.3, 0.4) is 0 Å². The molecule has 0 atom stereocenters. The number of benzene rings is 4. The fourth-order valence-electron chi connectivity index (χ4n) is 4.41. The van der Waals surface area contributed by atoms with E-state index in [2.05, 4.69) is 65.2 Å². The summed E-state index contributed by atoms with van der Waals surface area (Å²) in [5.41, 5.74) is 8.02. The Bertz CT molecular complexity index is 1620. The van der Waals surface area contributed by atoms with E-state index in [-0.39, 0.29) is 0 Å². The SMILES string of the molecule is [2H]C(C)(C)c1ccc2occ(-c3nc4ccccc4n3-c3ccc(-c4ccccc4)cc3)c2c1. The topological polar surface area (TPSA) is 31.0 Å². The van der Waals surface area contributed by atoms with Crippen molar-refractivity contribution in [3.63, 3.8) is 0 Å². The van der Waals surface area contributed by atoms with Crippen LogP contribution in [0.5, 0.6) is 0 Å². The van der Waals surface area contributed by atoms with Crippen LogP contribution in [0.2, 0.25) is 0 Å². The van der Waals surface area contributed by atoms with E-state index in [1.54, 1.807) is 6.26 Å². The second-order valence-corrected chi connectivity index (χ2v) is 8.53. The molecule has 3 nitrogen and oxygen atoms in total. The smallest absolute Gasteiger partial charge is 0.149 e. The number of imidazole rings is 1. The van der Waals surface area contributed by atoms with Gasteiger partial charge in [0.15, 0.2) is 0 Å². The van der Waals surface area contributed by atoms with E-state index < -0.39 is 5.89 Å². The minimum atomic E-state index is -0.698. The van der Waals surface area contributed by atoms with Crippen LogP contribution in [0, 0.1) is 0 Å². The molecule has 0 fully saturated rings. The highest BCUT2D eigenvalue weighted by Crippen LogP contribution is 2.36. The molecule has 0 aliphatic heterocycles. The van der Waals surface area contributed by atoms with E-state index in [0.717, 1.165) is 44.6 Å². The van der Waals surface area contributed by atoms with E-state index in [4.69, 9.17) is 10.8 Å². The Balaban J connectivity index is 1.56. The van der Waals surface area contributed by atoms with Gasteiger partial charge in [-0.2, -0.15) is 0 Å². The summed E-state index contributed by atoms with van der Waals surface area (Å²) in [6.45, 7) is 3.80. The van der Waals surface area contributed by atoms with Crippen LogP contribution >= 0.6 is 0 Å². The Hall–Kier alpha value is -4.11. The minimum absolute atomic E-state index is 0.698. The van der Waals surface area contributed by atoms with Crippen molar-refractivity contribution < 1.29 is 5.79 Å². The molecule has 4 aromatic carbocycles. The van der Waals surface area contributed by atoms with Crippen LogP contribution in [-0.2, 0) is 0 Å². The summed E-state index contributed by atoms with van der Waals surface area (Å²) in [6, 6.07) is 33.1. The number of furan rings is 1. The Kier molecular flexibility index (Phi) is 4.36. The first-order valence-electron chi connectivity index (χ1n) is 11.6. The maximum Gasteiger partial charge on any atom is 0.149 e. The van der Waals surface area contributed by atoms with Gasteiger partial charge in [-0.3, -0.25) is 4.57 Å². The molecule has 0 radical (unpaired) electrons. The van der Waals surface area contributed by atoms with Crippen LogP contribution in [0.1, 0.15) is 26.7 Å². The van der Waals surface area contributed by atoms with E-state index in [9.17, 15) is 0 Å². The summed E-state index contributed by atoms with van der Waals surface area (Å²) in [5, 5.41) is 0.968. The zero-order chi connectivity index (χ0) is 23.3. The van der Waals surface area contributed by atoms with Crippen molar-refractivity contribution in [1.29, 1.82) is 0 Å². The molecular formula is C30H24N2O. The van der Waals surface area contributed by atoms with Gasteiger partial charge < -0.3 is 4.42 Å². The molecule has 0 saturated heterocycles.